The zero-order valence-corrected chi connectivity index (χ0v) is 21.9. The first-order valence-electron chi connectivity index (χ1n) is 12.3. The van der Waals surface area contributed by atoms with E-state index in [1.807, 2.05) is 25.6 Å². The molecule has 1 heterocycles. The fraction of sp³-hybridized carbons (Fsp3) is 0.571. The lowest BCUT2D eigenvalue weighted by Gasteiger charge is -2.43. The molecule has 184 valence electrons. The molecule has 2 aromatic carbocycles. The van der Waals surface area contributed by atoms with Crippen LogP contribution in [-0.4, -0.2) is 44.9 Å². The van der Waals surface area contributed by atoms with Crippen LogP contribution in [-0.2, 0) is 10.2 Å². The lowest BCUT2D eigenvalue weighted by atomic mass is 9.68. The van der Waals surface area contributed by atoms with Crippen LogP contribution in [0.2, 0.25) is 0 Å². The molecule has 0 aliphatic carbocycles. The highest BCUT2D eigenvalue weighted by molar-refractivity contribution is 7.99. The summed E-state index contributed by atoms with van der Waals surface area (Å²) in [4.78, 5) is 1.33. The van der Waals surface area contributed by atoms with Crippen LogP contribution in [0.3, 0.4) is 0 Å². The van der Waals surface area contributed by atoms with Crippen LogP contribution in [0.4, 0.5) is 0 Å². The number of methoxy groups -OCH3 is 2. The average molecular weight is 475 g/mol. The van der Waals surface area contributed by atoms with E-state index >= 15 is 0 Å². The van der Waals surface area contributed by atoms with Crippen molar-refractivity contribution in [2.75, 3.05) is 39.8 Å². The van der Waals surface area contributed by atoms with Crippen molar-refractivity contribution in [2.24, 2.45) is 0 Å². The summed E-state index contributed by atoms with van der Waals surface area (Å²) in [5, 5.41) is 8.88. The van der Waals surface area contributed by atoms with Gasteiger partial charge in [-0.3, -0.25) is 0 Å². The summed E-state index contributed by atoms with van der Waals surface area (Å²) >= 11 is 1.93. The van der Waals surface area contributed by atoms with E-state index in [4.69, 9.17) is 19.3 Å². The molecule has 0 spiro atoms. The van der Waals surface area contributed by atoms with Crippen molar-refractivity contribution in [3.63, 3.8) is 0 Å². The van der Waals surface area contributed by atoms with Gasteiger partial charge >= 0.3 is 0 Å². The topological polar surface area (TPSA) is 47.9 Å². The lowest BCUT2D eigenvalue weighted by molar-refractivity contribution is 0.121. The van der Waals surface area contributed by atoms with Gasteiger partial charge in [-0.15, -0.1) is 11.8 Å². The maximum atomic E-state index is 8.88. The molecule has 0 bridgehead atoms. The van der Waals surface area contributed by atoms with Crippen molar-refractivity contribution in [1.82, 2.24) is 0 Å². The SMILES string of the molecule is CC.COc1ccc([C@@]2(C)CSc3cc(OC)ccc3C2CCCOCCCCCO)cc1. The van der Waals surface area contributed by atoms with E-state index in [1.54, 1.807) is 14.2 Å². The number of hydrogen-bond acceptors (Lipinski definition) is 5. The molecule has 33 heavy (non-hydrogen) atoms. The summed E-state index contributed by atoms with van der Waals surface area (Å²) in [5.41, 5.74) is 2.81. The van der Waals surface area contributed by atoms with Gasteiger partial charge in [0.2, 0.25) is 0 Å². The second-order valence-electron chi connectivity index (χ2n) is 8.43. The van der Waals surface area contributed by atoms with Crippen molar-refractivity contribution >= 4 is 11.8 Å². The van der Waals surface area contributed by atoms with E-state index < -0.39 is 0 Å². The van der Waals surface area contributed by atoms with Crippen molar-refractivity contribution < 1.29 is 19.3 Å². The molecule has 4 nitrogen and oxygen atoms in total. The van der Waals surface area contributed by atoms with Gasteiger partial charge in [-0.25, -0.2) is 0 Å². The Labute approximate surface area is 205 Å². The molecule has 1 aliphatic rings. The summed E-state index contributed by atoms with van der Waals surface area (Å²) in [6, 6.07) is 15.1. The monoisotopic (exact) mass is 474 g/mol. The molecular weight excluding hydrogens is 432 g/mol. The number of aliphatic hydroxyl groups excluding tert-OH is 1. The van der Waals surface area contributed by atoms with Crippen LogP contribution in [0, 0.1) is 0 Å². The zero-order chi connectivity index (χ0) is 24.1. The standard InChI is InChI=1S/C26H36O4S.C2H6/c1-26(20-9-11-21(28-2)12-10-20)19-31-25-18-22(29-3)13-14-23(25)24(26)8-7-17-30-16-6-4-5-15-27;1-2/h9-14,18,24,27H,4-8,15-17,19H2,1-3H3;1-2H3/t24?,26-;/m1./s1. The van der Waals surface area contributed by atoms with Gasteiger partial charge in [-0.05, 0) is 73.4 Å². The maximum absolute atomic E-state index is 8.88. The maximum Gasteiger partial charge on any atom is 0.119 e. The number of unbranched alkanes of at least 4 members (excludes halogenated alkanes) is 2. The Hall–Kier alpha value is -1.69. The minimum Gasteiger partial charge on any atom is -0.497 e. The summed E-state index contributed by atoms with van der Waals surface area (Å²) < 4.78 is 16.7. The molecule has 1 aliphatic heterocycles. The lowest BCUT2D eigenvalue weighted by Crippen LogP contribution is -2.36. The molecule has 2 aromatic rings. The summed E-state index contributed by atoms with van der Waals surface area (Å²) in [6.45, 7) is 8.24. The second-order valence-corrected chi connectivity index (χ2v) is 9.45. The minimum absolute atomic E-state index is 0.0413. The molecule has 1 N–H and O–H groups in total. The molecule has 0 saturated carbocycles. The van der Waals surface area contributed by atoms with Gasteiger partial charge in [0.15, 0.2) is 0 Å². The zero-order valence-electron chi connectivity index (χ0n) is 21.1. The predicted octanol–water partition coefficient (Wildman–Crippen LogP) is 6.84. The highest BCUT2D eigenvalue weighted by Crippen LogP contribution is 2.52. The van der Waals surface area contributed by atoms with E-state index in [9.17, 15) is 0 Å². The first-order chi connectivity index (χ1) is 16.1. The van der Waals surface area contributed by atoms with Crippen LogP contribution in [0.25, 0.3) is 0 Å². The first-order valence-corrected chi connectivity index (χ1v) is 13.2. The molecule has 3 rings (SSSR count). The molecule has 1 unspecified atom stereocenters. The van der Waals surface area contributed by atoms with Crippen LogP contribution in [0.15, 0.2) is 47.4 Å². The third kappa shape index (κ3) is 7.40. The normalized spacial score (nSPS) is 19.3. The number of ether oxygens (including phenoxy) is 3. The Bertz CT molecular complexity index is 808. The van der Waals surface area contributed by atoms with Crippen molar-refractivity contribution in [1.29, 1.82) is 0 Å². The highest BCUT2D eigenvalue weighted by Gasteiger charge is 2.41. The van der Waals surface area contributed by atoms with E-state index in [0.29, 0.717) is 5.92 Å². The van der Waals surface area contributed by atoms with E-state index in [-0.39, 0.29) is 12.0 Å². The average Bonchev–Trinajstić information content (AvgIpc) is 2.87. The number of benzene rings is 2. The Balaban J connectivity index is 0.00000187. The fourth-order valence-electron chi connectivity index (χ4n) is 4.44. The van der Waals surface area contributed by atoms with Gasteiger partial charge in [0, 0.05) is 35.9 Å². The van der Waals surface area contributed by atoms with Gasteiger partial charge in [0.25, 0.3) is 0 Å². The minimum atomic E-state index is 0.0413. The van der Waals surface area contributed by atoms with E-state index in [2.05, 4.69) is 49.4 Å². The number of thioether (sulfide) groups is 1. The van der Waals surface area contributed by atoms with Gasteiger partial charge in [-0.2, -0.15) is 0 Å². The largest absolute Gasteiger partial charge is 0.497 e. The van der Waals surface area contributed by atoms with E-state index in [0.717, 1.165) is 62.6 Å². The Kier molecular flexibility index (Phi) is 12.1. The summed E-state index contributed by atoms with van der Waals surface area (Å²) in [5.74, 6) is 3.27. The molecule has 0 fully saturated rings. The third-order valence-corrected chi connectivity index (χ3v) is 7.78. The fourth-order valence-corrected chi connectivity index (χ4v) is 5.84. The van der Waals surface area contributed by atoms with Crippen LogP contribution in [0.1, 0.15) is 69.9 Å². The van der Waals surface area contributed by atoms with Gasteiger partial charge in [-0.1, -0.05) is 39.0 Å². The second kappa shape index (κ2) is 14.5. The Morgan fingerprint density at radius 1 is 0.909 bits per heavy atom. The van der Waals surface area contributed by atoms with E-state index in [1.165, 1.54) is 16.0 Å². The molecule has 0 amide bonds. The number of fused-ring (bicyclic) bond motifs is 1. The van der Waals surface area contributed by atoms with Crippen molar-refractivity contribution in [3.05, 3.63) is 53.6 Å². The number of hydrogen-bond donors (Lipinski definition) is 1. The smallest absolute Gasteiger partial charge is 0.119 e. The predicted molar refractivity (Wildman–Crippen MR) is 139 cm³/mol. The van der Waals surface area contributed by atoms with Crippen LogP contribution >= 0.6 is 11.8 Å². The quantitative estimate of drug-likeness (QED) is 0.341. The van der Waals surface area contributed by atoms with Gasteiger partial charge in [0.1, 0.15) is 11.5 Å². The molecule has 0 saturated heterocycles. The number of rotatable bonds is 12. The molecular formula is C28H42O4S. The molecule has 0 aromatic heterocycles. The first kappa shape index (κ1) is 27.6. The third-order valence-electron chi connectivity index (χ3n) is 6.37. The number of aliphatic hydroxyl groups is 1. The van der Waals surface area contributed by atoms with Crippen molar-refractivity contribution in [2.45, 2.75) is 69.1 Å². The molecule has 2 atom stereocenters. The van der Waals surface area contributed by atoms with Crippen molar-refractivity contribution in [3.8, 4) is 11.5 Å². The Morgan fingerprint density at radius 2 is 1.58 bits per heavy atom. The van der Waals surface area contributed by atoms with Gasteiger partial charge < -0.3 is 19.3 Å². The van der Waals surface area contributed by atoms with Gasteiger partial charge in [0.05, 0.1) is 14.2 Å². The summed E-state index contributed by atoms with van der Waals surface area (Å²) in [7, 11) is 3.44. The summed E-state index contributed by atoms with van der Waals surface area (Å²) in [6.07, 6.45) is 5.03. The Morgan fingerprint density at radius 3 is 2.24 bits per heavy atom. The van der Waals surface area contributed by atoms with Crippen LogP contribution in [0.5, 0.6) is 11.5 Å². The van der Waals surface area contributed by atoms with Crippen LogP contribution < -0.4 is 9.47 Å². The highest BCUT2D eigenvalue weighted by atomic mass is 32.2. The molecule has 5 heteroatoms. The molecule has 0 radical (unpaired) electrons.